The molecule has 1 saturated heterocycles. The van der Waals surface area contributed by atoms with E-state index in [4.69, 9.17) is 9.47 Å². The molecular weight excluding hydrogens is 296 g/mol. The minimum atomic E-state index is -0.208. The van der Waals surface area contributed by atoms with Gasteiger partial charge in [-0.1, -0.05) is 27.6 Å². The van der Waals surface area contributed by atoms with Gasteiger partial charge < -0.3 is 9.47 Å². The van der Waals surface area contributed by atoms with E-state index in [1.807, 2.05) is 0 Å². The van der Waals surface area contributed by atoms with Gasteiger partial charge in [0.2, 0.25) is 0 Å². The van der Waals surface area contributed by atoms with Crippen molar-refractivity contribution in [1.29, 1.82) is 0 Å². The summed E-state index contributed by atoms with van der Waals surface area (Å²) in [5, 5.41) is 0. The molecule has 0 bridgehead atoms. The molecule has 0 radical (unpaired) electrons. The fraction of sp³-hybridized carbons (Fsp3) is 0.786. The van der Waals surface area contributed by atoms with E-state index in [0.717, 1.165) is 25.7 Å². The van der Waals surface area contributed by atoms with Gasteiger partial charge in [0.15, 0.2) is 0 Å². The van der Waals surface area contributed by atoms with Crippen LogP contribution in [0.5, 0.6) is 0 Å². The highest BCUT2D eigenvalue weighted by atomic mass is 79.9. The molecule has 0 spiro atoms. The Morgan fingerprint density at radius 1 is 1.39 bits per heavy atom. The maximum absolute atomic E-state index is 10.7. The number of carbonyl (C=O) groups excluding carboxylic acids is 1. The zero-order valence-corrected chi connectivity index (χ0v) is 13.0. The molecule has 0 aromatic heterocycles. The van der Waals surface area contributed by atoms with Crippen LogP contribution in [0, 0.1) is 0 Å². The normalized spacial score (nSPS) is 27.7. The second-order valence-electron chi connectivity index (χ2n) is 5.09. The van der Waals surface area contributed by atoms with Gasteiger partial charge in [0.05, 0.1) is 18.8 Å². The Labute approximate surface area is 118 Å². The predicted octanol–water partition coefficient (Wildman–Crippen LogP) is 3.61. The first-order valence-corrected chi connectivity index (χ1v) is 7.47. The molecule has 0 N–H and O–H groups in total. The fourth-order valence-corrected chi connectivity index (χ4v) is 2.97. The topological polar surface area (TPSA) is 35.5 Å². The maximum atomic E-state index is 10.7. The van der Waals surface area contributed by atoms with Crippen LogP contribution >= 0.6 is 15.9 Å². The summed E-state index contributed by atoms with van der Waals surface area (Å²) in [6, 6.07) is 0. The molecule has 1 fully saturated rings. The molecule has 104 valence electrons. The Morgan fingerprint density at radius 3 is 2.72 bits per heavy atom. The number of carbonyl (C=O) groups is 1. The van der Waals surface area contributed by atoms with Crippen LogP contribution in [0.4, 0.5) is 0 Å². The Kier molecular flexibility index (Phi) is 6.94. The number of halogens is 1. The first-order valence-electron chi connectivity index (χ1n) is 6.55. The van der Waals surface area contributed by atoms with E-state index in [9.17, 15) is 4.79 Å². The number of hydrogen-bond acceptors (Lipinski definition) is 3. The van der Waals surface area contributed by atoms with Gasteiger partial charge in [0.25, 0.3) is 0 Å². The lowest BCUT2D eigenvalue weighted by Gasteiger charge is -2.32. The Balaban J connectivity index is 2.32. The summed E-state index contributed by atoms with van der Waals surface area (Å²) < 4.78 is 11.0. The molecule has 1 aliphatic rings. The van der Waals surface area contributed by atoms with Gasteiger partial charge in [-0.3, -0.25) is 4.79 Å². The largest absolute Gasteiger partial charge is 0.466 e. The molecule has 3 atom stereocenters. The average Bonchev–Trinajstić information content (AvgIpc) is 2.22. The molecule has 18 heavy (non-hydrogen) atoms. The molecule has 4 heteroatoms. The quantitative estimate of drug-likeness (QED) is 0.336. The first-order chi connectivity index (χ1) is 8.47. The molecule has 0 saturated carbocycles. The van der Waals surface area contributed by atoms with Crippen molar-refractivity contribution in [3.63, 3.8) is 0 Å². The second-order valence-corrected chi connectivity index (χ2v) is 6.39. The van der Waals surface area contributed by atoms with Crippen LogP contribution in [0.3, 0.4) is 0 Å². The summed E-state index contributed by atoms with van der Waals surface area (Å²) in [5.41, 5.74) is 1.29. The Bertz CT molecular complexity index is 297. The number of ether oxygens (including phenoxy) is 2. The molecule has 1 aliphatic heterocycles. The number of allylic oxidation sites excluding steroid dienone is 1. The summed E-state index contributed by atoms with van der Waals surface area (Å²) in [5.74, 6) is -0.208. The van der Waals surface area contributed by atoms with Crippen molar-refractivity contribution in [2.24, 2.45) is 0 Å². The molecule has 3 nitrogen and oxygen atoms in total. The number of alkyl halides is 1. The maximum Gasteiger partial charge on any atom is 0.302 e. The predicted molar refractivity (Wildman–Crippen MR) is 75.9 cm³/mol. The van der Waals surface area contributed by atoms with Crippen LogP contribution < -0.4 is 0 Å². The van der Waals surface area contributed by atoms with E-state index in [0.29, 0.717) is 11.4 Å². The second kappa shape index (κ2) is 7.95. The standard InChI is InChI=1S/C14H23BrO3/c1-10(2)7-14-9-12(15)8-13(18-14)5-4-6-17-11(3)16/h7,12-14H,4-6,8-9H2,1-3H3/t12-,13+,14-/m0/s1. The fourth-order valence-electron chi connectivity index (χ4n) is 2.18. The van der Waals surface area contributed by atoms with Gasteiger partial charge in [-0.2, -0.15) is 0 Å². The third kappa shape index (κ3) is 6.55. The zero-order valence-electron chi connectivity index (χ0n) is 11.4. The highest BCUT2D eigenvalue weighted by Crippen LogP contribution is 2.28. The van der Waals surface area contributed by atoms with Crippen LogP contribution in [-0.4, -0.2) is 29.6 Å². The SMILES string of the molecule is CC(=O)OCCC[C@@H]1C[C@H](Br)C[C@H](C=C(C)C)O1. The van der Waals surface area contributed by atoms with Gasteiger partial charge in [-0.05, 0) is 39.5 Å². The first kappa shape index (κ1) is 15.7. The van der Waals surface area contributed by atoms with Gasteiger partial charge in [0, 0.05) is 11.8 Å². The summed E-state index contributed by atoms with van der Waals surface area (Å²) in [6.45, 7) is 6.12. The Morgan fingerprint density at radius 2 is 2.11 bits per heavy atom. The zero-order chi connectivity index (χ0) is 13.5. The van der Waals surface area contributed by atoms with Crippen LogP contribution in [0.2, 0.25) is 0 Å². The Hall–Kier alpha value is -0.350. The summed E-state index contributed by atoms with van der Waals surface area (Å²) >= 11 is 3.70. The summed E-state index contributed by atoms with van der Waals surface area (Å²) in [4.78, 5) is 11.2. The van der Waals surface area contributed by atoms with Crippen molar-refractivity contribution in [3.05, 3.63) is 11.6 Å². The van der Waals surface area contributed by atoms with E-state index in [1.165, 1.54) is 12.5 Å². The van der Waals surface area contributed by atoms with Crippen molar-refractivity contribution >= 4 is 21.9 Å². The highest BCUT2D eigenvalue weighted by Gasteiger charge is 2.26. The van der Waals surface area contributed by atoms with Crippen LogP contribution in [-0.2, 0) is 14.3 Å². The van der Waals surface area contributed by atoms with Gasteiger partial charge in [-0.15, -0.1) is 0 Å². The minimum Gasteiger partial charge on any atom is -0.466 e. The lowest BCUT2D eigenvalue weighted by Crippen LogP contribution is -2.32. The average molecular weight is 319 g/mol. The molecule has 0 aliphatic carbocycles. The molecule has 0 amide bonds. The van der Waals surface area contributed by atoms with Crippen molar-refractivity contribution in [2.75, 3.05) is 6.61 Å². The minimum absolute atomic E-state index is 0.208. The van der Waals surface area contributed by atoms with Crippen LogP contribution in [0.1, 0.15) is 46.5 Å². The van der Waals surface area contributed by atoms with E-state index in [2.05, 4.69) is 35.9 Å². The molecule has 0 aromatic rings. The van der Waals surface area contributed by atoms with Crippen LogP contribution in [0.15, 0.2) is 11.6 Å². The summed E-state index contributed by atoms with van der Waals surface area (Å²) in [7, 11) is 0. The molecular formula is C14H23BrO3. The lowest BCUT2D eigenvalue weighted by molar-refractivity contribution is -0.141. The van der Waals surface area contributed by atoms with Crippen LogP contribution in [0.25, 0.3) is 0 Å². The number of esters is 1. The van der Waals surface area contributed by atoms with E-state index < -0.39 is 0 Å². The number of hydrogen-bond donors (Lipinski definition) is 0. The molecule has 0 aromatic carbocycles. The van der Waals surface area contributed by atoms with E-state index in [-0.39, 0.29) is 18.2 Å². The highest BCUT2D eigenvalue weighted by molar-refractivity contribution is 9.09. The van der Waals surface area contributed by atoms with E-state index >= 15 is 0 Å². The third-order valence-electron chi connectivity index (χ3n) is 2.87. The van der Waals surface area contributed by atoms with Gasteiger partial charge >= 0.3 is 5.97 Å². The van der Waals surface area contributed by atoms with Crippen molar-refractivity contribution in [3.8, 4) is 0 Å². The van der Waals surface area contributed by atoms with Crippen molar-refractivity contribution in [2.45, 2.75) is 63.5 Å². The monoisotopic (exact) mass is 318 g/mol. The summed E-state index contributed by atoms with van der Waals surface area (Å²) in [6.07, 6.45) is 6.55. The van der Waals surface area contributed by atoms with Crippen molar-refractivity contribution < 1.29 is 14.3 Å². The van der Waals surface area contributed by atoms with Crippen molar-refractivity contribution in [1.82, 2.24) is 0 Å². The van der Waals surface area contributed by atoms with Gasteiger partial charge in [-0.25, -0.2) is 0 Å². The third-order valence-corrected chi connectivity index (χ3v) is 3.62. The molecule has 0 unspecified atom stereocenters. The molecule has 1 rings (SSSR count). The number of rotatable bonds is 5. The lowest BCUT2D eigenvalue weighted by atomic mass is 9.99. The van der Waals surface area contributed by atoms with Gasteiger partial charge in [0.1, 0.15) is 0 Å². The smallest absolute Gasteiger partial charge is 0.302 e. The molecule has 1 heterocycles. The van der Waals surface area contributed by atoms with E-state index in [1.54, 1.807) is 0 Å².